The van der Waals surface area contributed by atoms with Crippen molar-refractivity contribution in [2.45, 2.75) is 37.7 Å². The van der Waals surface area contributed by atoms with Gasteiger partial charge in [0.1, 0.15) is 0 Å². The molecule has 9 heteroatoms. The first-order chi connectivity index (χ1) is 15.4. The number of thiophene rings is 2. The second-order valence-corrected chi connectivity index (χ2v) is 10.4. The number of alkyl halides is 6. The Labute approximate surface area is 192 Å². The highest BCUT2D eigenvalue weighted by molar-refractivity contribution is 7.19. The van der Waals surface area contributed by atoms with E-state index in [0.29, 0.717) is 9.40 Å². The summed E-state index contributed by atoms with van der Waals surface area (Å²) in [5, 5.41) is 10.6. The largest absolute Gasteiger partial charge is 0.388 e. The lowest BCUT2D eigenvalue weighted by Gasteiger charge is -2.26. The minimum Gasteiger partial charge on any atom is -0.388 e. The van der Waals surface area contributed by atoms with E-state index in [4.69, 9.17) is 0 Å². The van der Waals surface area contributed by atoms with Crippen LogP contribution >= 0.6 is 22.7 Å². The van der Waals surface area contributed by atoms with Gasteiger partial charge in [-0.2, -0.15) is 26.3 Å². The van der Waals surface area contributed by atoms with Gasteiger partial charge in [-0.1, -0.05) is 36.4 Å². The fourth-order valence-corrected chi connectivity index (χ4v) is 6.70. The summed E-state index contributed by atoms with van der Waals surface area (Å²) in [6.07, 6.45) is -1.33. The lowest BCUT2D eigenvalue weighted by Crippen LogP contribution is -2.49. The first-order valence-electron chi connectivity index (χ1n) is 9.98. The second kappa shape index (κ2) is 7.07. The van der Waals surface area contributed by atoms with Crippen molar-refractivity contribution in [3.63, 3.8) is 0 Å². The van der Waals surface area contributed by atoms with Crippen LogP contribution in [-0.4, -0.2) is 22.9 Å². The zero-order valence-electron chi connectivity index (χ0n) is 17.2. The molecule has 2 heterocycles. The molecule has 4 aromatic rings. The third-order valence-corrected chi connectivity index (χ3v) is 8.37. The van der Waals surface area contributed by atoms with Gasteiger partial charge >= 0.3 is 17.8 Å². The lowest BCUT2D eigenvalue weighted by molar-refractivity contribution is -0.254. The number of aliphatic hydroxyl groups is 1. The zero-order chi connectivity index (χ0) is 23.9. The van der Waals surface area contributed by atoms with Crippen molar-refractivity contribution in [3.8, 4) is 0 Å². The molecule has 0 unspecified atom stereocenters. The van der Waals surface area contributed by atoms with Crippen LogP contribution in [0.4, 0.5) is 26.3 Å². The number of allylic oxidation sites excluding steroid dienone is 2. The minimum atomic E-state index is -5.65. The minimum absolute atomic E-state index is 0.0611. The molecule has 0 spiro atoms. The first kappa shape index (κ1) is 22.4. The molecule has 0 amide bonds. The van der Waals surface area contributed by atoms with Gasteiger partial charge in [0.05, 0.1) is 6.10 Å². The Balaban J connectivity index is 2.02. The molecule has 2 aromatic carbocycles. The fraction of sp³-hybridized carbons (Fsp3) is 0.250. The Morgan fingerprint density at radius 3 is 1.73 bits per heavy atom. The summed E-state index contributed by atoms with van der Waals surface area (Å²) in [7, 11) is 0. The van der Waals surface area contributed by atoms with Gasteiger partial charge in [-0.15, -0.1) is 22.7 Å². The summed E-state index contributed by atoms with van der Waals surface area (Å²) in [6.45, 7) is 2.75. The maximum absolute atomic E-state index is 15.4. The van der Waals surface area contributed by atoms with E-state index in [1.54, 1.807) is 30.3 Å². The van der Waals surface area contributed by atoms with Crippen molar-refractivity contribution in [3.05, 3.63) is 69.4 Å². The molecular weight excluding hydrogens is 482 g/mol. The molecule has 0 saturated heterocycles. The van der Waals surface area contributed by atoms with E-state index in [0.717, 1.165) is 22.7 Å². The first-order valence-corrected chi connectivity index (χ1v) is 11.6. The van der Waals surface area contributed by atoms with Crippen molar-refractivity contribution in [1.29, 1.82) is 0 Å². The van der Waals surface area contributed by atoms with Crippen molar-refractivity contribution in [2.24, 2.45) is 0 Å². The molecule has 33 heavy (non-hydrogen) atoms. The summed E-state index contributed by atoms with van der Waals surface area (Å²) >= 11 is 2.00. The highest BCUT2D eigenvalue weighted by Gasteiger charge is 2.80. The number of aryl methyl sites for hydroxylation is 1. The Morgan fingerprint density at radius 2 is 1.18 bits per heavy atom. The molecule has 172 valence electrons. The molecule has 1 nitrogen and oxygen atoms in total. The van der Waals surface area contributed by atoms with Crippen LogP contribution in [0.15, 0.2) is 48.5 Å². The molecule has 0 fully saturated rings. The van der Waals surface area contributed by atoms with Crippen molar-refractivity contribution in [1.82, 2.24) is 0 Å². The third-order valence-electron chi connectivity index (χ3n) is 5.94. The average Bonchev–Trinajstić information content (AvgIpc) is 3.31. The summed E-state index contributed by atoms with van der Waals surface area (Å²) in [4.78, 5) is 0.170. The average molecular weight is 499 g/mol. The summed E-state index contributed by atoms with van der Waals surface area (Å²) in [5.41, 5.74) is -3.55. The van der Waals surface area contributed by atoms with Gasteiger partial charge < -0.3 is 5.11 Å². The summed E-state index contributed by atoms with van der Waals surface area (Å²) in [5.74, 6) is -16.0. The van der Waals surface area contributed by atoms with Gasteiger partial charge in [0.15, 0.2) is 0 Å². The van der Waals surface area contributed by atoms with Crippen LogP contribution < -0.4 is 0 Å². The molecule has 0 bridgehead atoms. The Kier molecular flexibility index (Phi) is 4.81. The van der Waals surface area contributed by atoms with E-state index in [9.17, 15) is 13.9 Å². The summed E-state index contributed by atoms with van der Waals surface area (Å²) in [6, 6.07) is 12.4. The number of hydrogen-bond acceptors (Lipinski definition) is 3. The van der Waals surface area contributed by atoms with Gasteiger partial charge in [-0.05, 0) is 26.0 Å². The van der Waals surface area contributed by atoms with E-state index < -0.39 is 40.6 Å². The van der Waals surface area contributed by atoms with Crippen LogP contribution in [0.1, 0.15) is 33.9 Å². The SMILES string of the molecule is Cc1sc2ccccc2c1C1=C(c2c([C@H](C)O)sc3ccccc23)C(F)(F)C(F)(F)C1(F)F. The number of fused-ring (bicyclic) bond motifs is 2. The van der Waals surface area contributed by atoms with Crippen LogP contribution in [0.5, 0.6) is 0 Å². The Morgan fingerprint density at radius 1 is 0.727 bits per heavy atom. The molecule has 2 aromatic heterocycles. The highest BCUT2D eigenvalue weighted by atomic mass is 32.1. The Bertz CT molecular complexity index is 1440. The predicted octanol–water partition coefficient (Wildman–Crippen LogP) is 8.31. The monoisotopic (exact) mass is 498 g/mol. The maximum Gasteiger partial charge on any atom is 0.380 e. The predicted molar refractivity (Wildman–Crippen MR) is 121 cm³/mol. The van der Waals surface area contributed by atoms with Crippen molar-refractivity contribution >= 4 is 54.0 Å². The van der Waals surface area contributed by atoms with Gasteiger partial charge in [-0.3, -0.25) is 0 Å². The smallest absolute Gasteiger partial charge is 0.380 e. The van der Waals surface area contributed by atoms with Gasteiger partial charge in [0.2, 0.25) is 0 Å². The van der Waals surface area contributed by atoms with Crippen LogP contribution in [0, 0.1) is 6.92 Å². The Hall–Kier alpha value is -2.36. The lowest BCUT2D eigenvalue weighted by atomic mass is 9.91. The van der Waals surface area contributed by atoms with Crippen LogP contribution in [-0.2, 0) is 0 Å². The van der Waals surface area contributed by atoms with Crippen LogP contribution in [0.2, 0.25) is 0 Å². The topological polar surface area (TPSA) is 20.2 Å². The summed E-state index contributed by atoms with van der Waals surface area (Å²) < 4.78 is 92.3. The molecule has 1 N–H and O–H groups in total. The number of rotatable bonds is 3. The molecule has 1 aliphatic carbocycles. The standard InChI is InChI=1S/C24H16F6OS2/c1-11(31)21-18(14-8-4-6-10-16(14)33-21)20-19(22(25,26)24(29,30)23(20,27)28)17-12(2)32-15-9-5-3-7-13(15)17/h3-11,31H,1-2H3/t11-/m0/s1. The molecule has 5 rings (SSSR count). The van der Waals surface area contributed by atoms with Crippen LogP contribution in [0.25, 0.3) is 31.3 Å². The second-order valence-electron chi connectivity index (χ2n) is 8.02. The van der Waals surface area contributed by atoms with Crippen molar-refractivity contribution < 1.29 is 31.4 Å². The molecule has 1 aliphatic rings. The van der Waals surface area contributed by atoms with Crippen molar-refractivity contribution in [2.75, 3.05) is 0 Å². The van der Waals surface area contributed by atoms with Gasteiger partial charge in [-0.25, -0.2) is 0 Å². The highest BCUT2D eigenvalue weighted by Crippen LogP contribution is 2.67. The van der Waals surface area contributed by atoms with Crippen LogP contribution in [0.3, 0.4) is 0 Å². The molecule has 0 aliphatic heterocycles. The quantitative estimate of drug-likeness (QED) is 0.282. The van der Waals surface area contributed by atoms with E-state index in [2.05, 4.69) is 0 Å². The van der Waals surface area contributed by atoms with E-state index >= 15 is 17.6 Å². The van der Waals surface area contributed by atoms with E-state index in [-0.39, 0.29) is 26.1 Å². The third kappa shape index (κ3) is 2.82. The number of hydrogen-bond donors (Lipinski definition) is 1. The van der Waals surface area contributed by atoms with E-state index in [1.165, 1.54) is 32.0 Å². The number of halogens is 6. The number of aliphatic hydroxyl groups excluding tert-OH is 1. The van der Waals surface area contributed by atoms with E-state index in [1.807, 2.05) is 0 Å². The fourth-order valence-electron chi connectivity index (χ4n) is 4.48. The maximum atomic E-state index is 15.4. The van der Waals surface area contributed by atoms with Gasteiger partial charge in [0, 0.05) is 52.2 Å². The number of benzene rings is 2. The molecule has 0 radical (unpaired) electrons. The van der Waals surface area contributed by atoms with Gasteiger partial charge in [0.25, 0.3) is 0 Å². The molecule has 1 atom stereocenters. The normalized spacial score (nSPS) is 20.2. The molecule has 0 saturated carbocycles. The zero-order valence-corrected chi connectivity index (χ0v) is 18.9. The molecular formula is C24H16F6OS2.